The van der Waals surface area contributed by atoms with Gasteiger partial charge in [0.05, 0.1) is 0 Å². The first-order chi connectivity index (χ1) is 18.1. The average Bonchev–Trinajstić information content (AvgIpc) is 2.93. The molecule has 1 aromatic heterocycles. The van der Waals surface area contributed by atoms with Crippen molar-refractivity contribution < 1.29 is 14.3 Å². The van der Waals surface area contributed by atoms with Crippen molar-refractivity contribution in [2.45, 2.75) is 45.1 Å². The summed E-state index contributed by atoms with van der Waals surface area (Å²) < 4.78 is 11.6. The Hall–Kier alpha value is -3.45. The van der Waals surface area contributed by atoms with E-state index >= 15 is 0 Å². The van der Waals surface area contributed by atoms with Gasteiger partial charge in [-0.2, -0.15) is 0 Å². The maximum atomic E-state index is 12.9. The van der Waals surface area contributed by atoms with Gasteiger partial charge in [0, 0.05) is 32.5 Å². The smallest absolute Gasteiger partial charge is 0.321 e. The quantitative estimate of drug-likeness (QED) is 0.496. The lowest BCUT2D eigenvalue weighted by Gasteiger charge is -2.44. The number of nitrogens with zero attached hydrogens (tertiary/aromatic N) is 4. The van der Waals surface area contributed by atoms with Crippen LogP contribution in [0.4, 0.5) is 0 Å². The highest BCUT2D eigenvalue weighted by Crippen LogP contribution is 2.38. The summed E-state index contributed by atoms with van der Waals surface area (Å²) in [5.41, 5.74) is 2.64. The van der Waals surface area contributed by atoms with Crippen LogP contribution < -0.4 is 9.47 Å². The molecule has 37 heavy (non-hydrogen) atoms. The molecule has 0 bridgehead atoms. The predicted octanol–water partition coefficient (Wildman–Crippen LogP) is 5.11. The van der Waals surface area contributed by atoms with Crippen molar-refractivity contribution >= 4 is 5.91 Å². The number of aryl methyl sites for hydroxylation is 1. The number of para-hydroxylation sites is 1. The zero-order valence-corrected chi connectivity index (χ0v) is 21.6. The number of aromatic nitrogens is 2. The maximum Gasteiger partial charge on any atom is 0.321 e. The molecule has 0 aliphatic carbocycles. The van der Waals surface area contributed by atoms with Gasteiger partial charge >= 0.3 is 6.01 Å². The van der Waals surface area contributed by atoms with Crippen LogP contribution in [0.3, 0.4) is 0 Å². The lowest BCUT2D eigenvalue weighted by Crippen LogP contribution is -2.47. The van der Waals surface area contributed by atoms with Gasteiger partial charge in [0.15, 0.2) is 6.61 Å². The Morgan fingerprint density at radius 2 is 1.70 bits per heavy atom. The Labute approximate surface area is 219 Å². The Bertz CT molecular complexity index is 1160. The zero-order valence-electron chi connectivity index (χ0n) is 21.6. The number of likely N-dealkylation sites (tertiary alicyclic amines) is 1. The normalized spacial score (nSPS) is 18.8. The van der Waals surface area contributed by atoms with Gasteiger partial charge in [0.1, 0.15) is 11.5 Å². The Kier molecular flexibility index (Phi) is 7.99. The highest BCUT2D eigenvalue weighted by atomic mass is 16.5. The third-order valence-corrected chi connectivity index (χ3v) is 7.72. The molecular weight excluding hydrogens is 464 g/mol. The lowest BCUT2D eigenvalue weighted by atomic mass is 9.73. The second-order valence-corrected chi connectivity index (χ2v) is 10.4. The maximum absolute atomic E-state index is 12.9. The molecule has 5 rings (SSSR count). The summed E-state index contributed by atoms with van der Waals surface area (Å²) in [7, 11) is 1.93. The monoisotopic (exact) mass is 500 g/mol. The molecule has 1 amide bonds. The molecule has 0 radical (unpaired) electrons. The summed E-state index contributed by atoms with van der Waals surface area (Å²) in [6.07, 6.45) is 10.0. The topological polar surface area (TPSA) is 67.8 Å². The number of rotatable bonds is 4. The predicted molar refractivity (Wildman–Crippen MR) is 143 cm³/mol. The molecule has 0 N–H and O–H groups in total. The lowest BCUT2D eigenvalue weighted by molar-refractivity contribution is -0.134. The van der Waals surface area contributed by atoms with Crippen LogP contribution in [0, 0.1) is 5.41 Å². The van der Waals surface area contributed by atoms with Gasteiger partial charge < -0.3 is 14.4 Å². The first-order valence-electron chi connectivity index (χ1n) is 13.3. The van der Waals surface area contributed by atoms with Crippen LogP contribution >= 0.6 is 0 Å². The fourth-order valence-electron chi connectivity index (χ4n) is 5.54. The molecule has 0 atom stereocenters. The fraction of sp³-hybridized carbons (Fsp3) is 0.433. The van der Waals surface area contributed by atoms with E-state index in [-0.39, 0.29) is 17.9 Å². The van der Waals surface area contributed by atoms with Crippen LogP contribution in [-0.4, -0.2) is 59.0 Å². The van der Waals surface area contributed by atoms with Gasteiger partial charge in [0.25, 0.3) is 5.91 Å². The minimum Gasteiger partial charge on any atom is -0.483 e. The zero-order chi connectivity index (χ0) is 25.5. The summed E-state index contributed by atoms with van der Waals surface area (Å²) in [4.78, 5) is 25.5. The molecule has 2 aliphatic rings. The van der Waals surface area contributed by atoms with Crippen LogP contribution in [0.2, 0.25) is 0 Å². The Balaban J connectivity index is 1.17. The number of carbonyl (C=O) groups is 1. The summed E-state index contributed by atoms with van der Waals surface area (Å²) in [6.45, 7) is 3.90. The highest BCUT2D eigenvalue weighted by Gasteiger charge is 2.36. The van der Waals surface area contributed by atoms with E-state index in [1.54, 1.807) is 18.5 Å². The number of benzene rings is 2. The van der Waals surface area contributed by atoms with Crippen molar-refractivity contribution in [1.29, 1.82) is 0 Å². The minimum absolute atomic E-state index is 0.0559. The summed E-state index contributed by atoms with van der Waals surface area (Å²) >= 11 is 0. The summed E-state index contributed by atoms with van der Waals surface area (Å²) in [5.74, 6) is 1.64. The van der Waals surface area contributed by atoms with Crippen molar-refractivity contribution in [2.75, 3.05) is 33.3 Å². The average molecular weight is 501 g/mol. The van der Waals surface area contributed by atoms with E-state index in [2.05, 4.69) is 39.1 Å². The Morgan fingerprint density at radius 3 is 2.49 bits per heavy atom. The molecule has 194 valence electrons. The van der Waals surface area contributed by atoms with Crippen LogP contribution in [0.5, 0.6) is 17.5 Å². The number of fused-ring (bicyclic) bond motifs is 1. The first-order valence-corrected chi connectivity index (χ1v) is 13.3. The standard InChI is InChI=1S/C30H36N4O3/c1-33-23-30(14-5-4-8-25-7-2-3-9-27(25)36-22-28(33)35)15-19-34(20-16-30)21-24-10-12-26(13-11-24)37-29-31-17-6-18-32-29/h2-3,6-7,9-13,17-18H,4-5,8,14-16,19-23H2,1H3. The van der Waals surface area contributed by atoms with Crippen LogP contribution in [0.25, 0.3) is 0 Å². The number of likely N-dealkylation sites (N-methyl/N-ethyl adjacent to an activating group) is 1. The van der Waals surface area contributed by atoms with E-state index in [4.69, 9.17) is 9.47 Å². The molecule has 3 aromatic rings. The third kappa shape index (κ3) is 6.66. The number of hydrogen-bond acceptors (Lipinski definition) is 6. The summed E-state index contributed by atoms with van der Waals surface area (Å²) in [6, 6.07) is 18.4. The molecule has 1 spiro atoms. The number of ether oxygens (including phenoxy) is 2. The molecule has 0 saturated carbocycles. The molecule has 7 heteroatoms. The molecule has 0 unspecified atom stereocenters. The highest BCUT2D eigenvalue weighted by molar-refractivity contribution is 5.77. The van der Waals surface area contributed by atoms with Gasteiger partial charge in [-0.1, -0.05) is 36.8 Å². The van der Waals surface area contributed by atoms with E-state index in [0.29, 0.717) is 6.01 Å². The van der Waals surface area contributed by atoms with E-state index in [9.17, 15) is 4.79 Å². The van der Waals surface area contributed by atoms with Gasteiger partial charge in [-0.25, -0.2) is 9.97 Å². The Morgan fingerprint density at radius 1 is 0.946 bits per heavy atom. The number of amides is 1. The first kappa shape index (κ1) is 25.2. The molecule has 2 aliphatic heterocycles. The SMILES string of the molecule is CN1CC2(CCCCc3ccccc3OCC1=O)CCN(Cc1ccc(Oc3ncccn3)cc1)CC2. The van der Waals surface area contributed by atoms with Crippen molar-refractivity contribution in [3.05, 3.63) is 78.1 Å². The van der Waals surface area contributed by atoms with E-state index in [1.807, 2.05) is 36.2 Å². The molecule has 1 saturated heterocycles. The van der Waals surface area contributed by atoms with Gasteiger partial charge in [0.2, 0.25) is 0 Å². The second-order valence-electron chi connectivity index (χ2n) is 10.4. The molecule has 7 nitrogen and oxygen atoms in total. The van der Waals surface area contributed by atoms with Crippen molar-refractivity contribution in [2.24, 2.45) is 5.41 Å². The van der Waals surface area contributed by atoms with E-state index in [1.165, 1.54) is 17.5 Å². The fourth-order valence-corrected chi connectivity index (χ4v) is 5.54. The van der Waals surface area contributed by atoms with Crippen molar-refractivity contribution in [1.82, 2.24) is 19.8 Å². The number of piperidine rings is 1. The van der Waals surface area contributed by atoms with Crippen LogP contribution in [-0.2, 0) is 17.8 Å². The second kappa shape index (κ2) is 11.7. The largest absolute Gasteiger partial charge is 0.483 e. The van der Waals surface area contributed by atoms with Gasteiger partial charge in [-0.3, -0.25) is 9.69 Å². The number of hydrogen-bond donors (Lipinski definition) is 0. The van der Waals surface area contributed by atoms with Crippen LogP contribution in [0.1, 0.15) is 43.2 Å². The van der Waals surface area contributed by atoms with E-state index < -0.39 is 0 Å². The molecule has 1 fully saturated rings. The molecule has 3 heterocycles. The molecule has 2 aromatic carbocycles. The molecular formula is C30H36N4O3. The van der Waals surface area contributed by atoms with Gasteiger partial charge in [-0.15, -0.1) is 0 Å². The minimum atomic E-state index is 0.0559. The van der Waals surface area contributed by atoms with Crippen molar-refractivity contribution in [3.63, 3.8) is 0 Å². The third-order valence-electron chi connectivity index (χ3n) is 7.72. The van der Waals surface area contributed by atoms with E-state index in [0.717, 1.165) is 69.8 Å². The van der Waals surface area contributed by atoms with Crippen LogP contribution in [0.15, 0.2) is 67.0 Å². The number of carbonyl (C=O) groups excluding carboxylic acids is 1. The van der Waals surface area contributed by atoms with Crippen molar-refractivity contribution in [3.8, 4) is 17.5 Å². The summed E-state index contributed by atoms with van der Waals surface area (Å²) in [5, 5.41) is 0. The van der Waals surface area contributed by atoms with Gasteiger partial charge in [-0.05, 0) is 86.0 Å².